The van der Waals surface area contributed by atoms with Gasteiger partial charge in [0.05, 0.1) is 40.6 Å². The van der Waals surface area contributed by atoms with Crippen molar-refractivity contribution in [3.63, 3.8) is 0 Å². The summed E-state index contributed by atoms with van der Waals surface area (Å²) in [5.41, 5.74) is 3.35. The van der Waals surface area contributed by atoms with Gasteiger partial charge in [-0.25, -0.2) is 9.07 Å². The van der Waals surface area contributed by atoms with Crippen LogP contribution in [0, 0.1) is 28.1 Å². The molecule has 0 aliphatic carbocycles. The zero-order valence-corrected chi connectivity index (χ0v) is 24.7. The Kier molecular flexibility index (Phi) is 7.83. The number of halogens is 1. The Morgan fingerprint density at radius 2 is 1.84 bits per heavy atom. The average Bonchev–Trinajstić information content (AvgIpc) is 3.49. The van der Waals surface area contributed by atoms with Gasteiger partial charge in [0.2, 0.25) is 0 Å². The van der Waals surface area contributed by atoms with E-state index in [-0.39, 0.29) is 11.0 Å². The highest BCUT2D eigenvalue weighted by atomic mass is 19.1. The topological polar surface area (TPSA) is 137 Å². The predicted molar refractivity (Wildman–Crippen MR) is 164 cm³/mol. The maximum Gasteiger partial charge on any atom is 0.258 e. The molecule has 5 rings (SSSR count). The molecule has 0 fully saturated rings. The van der Waals surface area contributed by atoms with E-state index in [0.29, 0.717) is 51.0 Å². The number of fused-ring (bicyclic) bond motifs is 2. The number of pyridine rings is 2. The van der Waals surface area contributed by atoms with Gasteiger partial charge in [-0.2, -0.15) is 10.5 Å². The highest BCUT2D eigenvalue weighted by molar-refractivity contribution is 5.99. The van der Waals surface area contributed by atoms with Crippen LogP contribution in [-0.2, 0) is 7.05 Å². The van der Waals surface area contributed by atoms with Crippen molar-refractivity contribution in [1.82, 2.24) is 24.5 Å². The van der Waals surface area contributed by atoms with Gasteiger partial charge < -0.3 is 15.2 Å². The zero-order valence-electron chi connectivity index (χ0n) is 24.7. The molecule has 0 unspecified atom stereocenters. The van der Waals surface area contributed by atoms with Crippen LogP contribution in [-0.4, -0.2) is 37.8 Å². The summed E-state index contributed by atoms with van der Waals surface area (Å²) in [4.78, 5) is 17.4. The van der Waals surface area contributed by atoms with Gasteiger partial charge in [0.25, 0.3) is 5.56 Å². The summed E-state index contributed by atoms with van der Waals surface area (Å²) in [6.07, 6.45) is 4.87. The molecule has 0 spiro atoms. The van der Waals surface area contributed by atoms with Crippen molar-refractivity contribution in [3.05, 3.63) is 87.7 Å². The fraction of sp³-hybridized carbons (Fsp3) is 0.312. The van der Waals surface area contributed by atoms with Gasteiger partial charge in [-0.05, 0) is 47.6 Å². The van der Waals surface area contributed by atoms with Crippen LogP contribution in [0.4, 0.5) is 15.8 Å². The van der Waals surface area contributed by atoms with Gasteiger partial charge in [0, 0.05) is 42.4 Å². The number of benzene rings is 2. The third-order valence-electron chi connectivity index (χ3n) is 7.28. The van der Waals surface area contributed by atoms with Crippen LogP contribution in [0.15, 0.2) is 59.8 Å². The summed E-state index contributed by atoms with van der Waals surface area (Å²) in [6, 6.07) is 14.2. The normalized spacial score (nSPS) is 12.9. The molecule has 0 saturated carbocycles. The van der Waals surface area contributed by atoms with Crippen LogP contribution in [0.1, 0.15) is 62.2 Å². The second-order valence-corrected chi connectivity index (χ2v) is 11.8. The van der Waals surface area contributed by atoms with Crippen molar-refractivity contribution < 1.29 is 4.39 Å². The third kappa shape index (κ3) is 5.75. The fourth-order valence-corrected chi connectivity index (χ4v) is 4.94. The van der Waals surface area contributed by atoms with Crippen LogP contribution in [0.3, 0.4) is 0 Å². The van der Waals surface area contributed by atoms with E-state index in [2.05, 4.69) is 58.8 Å². The Balaban J connectivity index is 1.71. The molecule has 2 aromatic carbocycles. The Bertz CT molecular complexity index is 1970. The number of rotatable bonds is 8. The van der Waals surface area contributed by atoms with Gasteiger partial charge >= 0.3 is 0 Å². The molecule has 0 aliphatic rings. The molecule has 3 heterocycles. The first kappa shape index (κ1) is 29.2. The lowest BCUT2D eigenvalue weighted by molar-refractivity contribution is 0.351. The third-order valence-corrected chi connectivity index (χ3v) is 7.28. The summed E-state index contributed by atoms with van der Waals surface area (Å²) in [5.74, 6) is 0. The van der Waals surface area contributed by atoms with E-state index >= 15 is 0 Å². The van der Waals surface area contributed by atoms with Crippen molar-refractivity contribution in [2.45, 2.75) is 39.8 Å². The number of nitrogens with zero attached hydrogens (tertiary/aromatic N) is 7. The SMILES string of the molecule is C[C@@H](CF)n1cc([C@@H](Nc2cc(C#N)c3ncc(C#N)c(NCC(C)(C)C)c3c2)c2cccc3c(=O)n(C)ccc23)nn1. The van der Waals surface area contributed by atoms with Crippen molar-refractivity contribution in [2.75, 3.05) is 23.9 Å². The first-order valence-electron chi connectivity index (χ1n) is 13.9. The largest absolute Gasteiger partial charge is 0.383 e. The van der Waals surface area contributed by atoms with E-state index in [0.717, 1.165) is 10.9 Å². The molecule has 5 aromatic rings. The molecule has 0 bridgehead atoms. The van der Waals surface area contributed by atoms with Gasteiger partial charge in [-0.1, -0.05) is 38.1 Å². The summed E-state index contributed by atoms with van der Waals surface area (Å²) in [7, 11) is 1.70. The number of aryl methyl sites for hydroxylation is 1. The molecule has 218 valence electrons. The molecule has 11 heteroatoms. The van der Waals surface area contributed by atoms with E-state index in [9.17, 15) is 19.7 Å². The van der Waals surface area contributed by atoms with Crippen LogP contribution < -0.4 is 16.2 Å². The van der Waals surface area contributed by atoms with E-state index in [1.54, 1.807) is 44.6 Å². The average molecular weight is 578 g/mol. The molecule has 2 atom stereocenters. The van der Waals surface area contributed by atoms with Crippen molar-refractivity contribution in [2.24, 2.45) is 12.5 Å². The second kappa shape index (κ2) is 11.5. The molecule has 0 radical (unpaired) electrons. The smallest absolute Gasteiger partial charge is 0.258 e. The van der Waals surface area contributed by atoms with E-state index in [4.69, 9.17) is 0 Å². The molecule has 43 heavy (non-hydrogen) atoms. The molecule has 0 amide bonds. The Morgan fingerprint density at radius 3 is 2.53 bits per heavy atom. The van der Waals surface area contributed by atoms with E-state index in [1.165, 1.54) is 15.4 Å². The second-order valence-electron chi connectivity index (χ2n) is 11.8. The van der Waals surface area contributed by atoms with Crippen LogP contribution >= 0.6 is 0 Å². The number of nitriles is 2. The molecule has 0 aliphatic heterocycles. The van der Waals surface area contributed by atoms with Crippen LogP contribution in [0.5, 0.6) is 0 Å². The number of nitrogens with one attached hydrogen (secondary N) is 2. The molecule has 3 aromatic heterocycles. The highest BCUT2D eigenvalue weighted by Crippen LogP contribution is 2.35. The number of anilines is 2. The van der Waals surface area contributed by atoms with Gasteiger partial charge in [0.1, 0.15) is 24.5 Å². The number of alkyl halides is 1. The maximum absolute atomic E-state index is 13.5. The first-order chi connectivity index (χ1) is 20.5. The predicted octanol–water partition coefficient (Wildman–Crippen LogP) is 5.61. The van der Waals surface area contributed by atoms with Gasteiger partial charge in [-0.15, -0.1) is 5.10 Å². The van der Waals surface area contributed by atoms with Crippen molar-refractivity contribution in [1.29, 1.82) is 10.5 Å². The minimum absolute atomic E-state index is 0.0741. The van der Waals surface area contributed by atoms with Crippen LogP contribution in [0.25, 0.3) is 21.7 Å². The molecule has 0 saturated heterocycles. The first-order valence-corrected chi connectivity index (χ1v) is 13.9. The van der Waals surface area contributed by atoms with Gasteiger partial charge in [-0.3, -0.25) is 9.78 Å². The Hall–Kier alpha value is -5.29. The van der Waals surface area contributed by atoms with E-state index in [1.807, 2.05) is 18.2 Å². The molecular formula is C32H32FN9O. The summed E-state index contributed by atoms with van der Waals surface area (Å²) in [6.45, 7) is 7.94. The number of hydrogen-bond acceptors (Lipinski definition) is 8. The quantitative estimate of drug-likeness (QED) is 0.243. The number of aromatic nitrogens is 5. The Labute approximate surface area is 248 Å². The van der Waals surface area contributed by atoms with Gasteiger partial charge in [0.15, 0.2) is 0 Å². The standard InChI is InChI=1S/C32H32FN9O/c1-19(13-33)42-17-27(39-40-42)30(24-7-6-8-25-23(24)9-10-41(5)31(25)43)38-22-11-20(14-34)28-26(12-22)29(21(15-35)16-36-28)37-18-32(2,3)4/h6-12,16-17,19,30,38H,13,18H2,1-5H3,(H,36,37)/t19-,30-/m0/s1. The highest BCUT2D eigenvalue weighted by Gasteiger charge is 2.24. The zero-order chi connectivity index (χ0) is 30.9. The van der Waals surface area contributed by atoms with Crippen molar-refractivity contribution in [3.8, 4) is 12.1 Å². The lowest BCUT2D eigenvalue weighted by Crippen LogP contribution is -2.20. The van der Waals surface area contributed by atoms with E-state index < -0.39 is 18.8 Å². The summed E-state index contributed by atoms with van der Waals surface area (Å²) >= 11 is 0. The Morgan fingerprint density at radius 1 is 1.07 bits per heavy atom. The monoisotopic (exact) mass is 577 g/mol. The lowest BCUT2D eigenvalue weighted by atomic mass is 9.96. The summed E-state index contributed by atoms with van der Waals surface area (Å²) in [5, 5.41) is 37.3. The van der Waals surface area contributed by atoms with Crippen molar-refractivity contribution >= 4 is 33.1 Å². The fourth-order valence-electron chi connectivity index (χ4n) is 4.94. The molecule has 2 N–H and O–H groups in total. The maximum atomic E-state index is 13.5. The minimum atomic E-state index is -0.626. The molecular weight excluding hydrogens is 545 g/mol. The lowest BCUT2D eigenvalue weighted by Gasteiger charge is -2.23. The molecule has 10 nitrogen and oxygen atoms in total. The minimum Gasteiger partial charge on any atom is -0.383 e. The van der Waals surface area contributed by atoms with Crippen LogP contribution in [0.2, 0.25) is 0 Å². The summed E-state index contributed by atoms with van der Waals surface area (Å²) < 4.78 is 16.5. The number of hydrogen-bond donors (Lipinski definition) is 2.